The van der Waals surface area contributed by atoms with Crippen LogP contribution in [0.15, 0.2) is 185 Å². The molecule has 0 spiro atoms. The molecule has 8 aromatic carbocycles. The van der Waals surface area contributed by atoms with Gasteiger partial charge in [0.2, 0.25) is 0 Å². The van der Waals surface area contributed by atoms with E-state index in [1.165, 1.54) is 0 Å². The minimum atomic E-state index is 0.576. The highest BCUT2D eigenvalue weighted by atomic mass is 16.3. The number of nitrogens with zero attached hydrogens (tertiary/aromatic N) is 3. The largest absolute Gasteiger partial charge is 0.456 e. The molecule has 252 valence electrons. The van der Waals surface area contributed by atoms with Crippen LogP contribution in [0.1, 0.15) is 0 Å². The van der Waals surface area contributed by atoms with Crippen LogP contribution in [0.5, 0.6) is 0 Å². The van der Waals surface area contributed by atoms with Crippen LogP contribution in [0.3, 0.4) is 0 Å². The Morgan fingerprint density at radius 2 is 0.759 bits per heavy atom. The average Bonchev–Trinajstić information content (AvgIpc) is 3.83. The molecule has 5 nitrogen and oxygen atoms in total. The van der Waals surface area contributed by atoms with Gasteiger partial charge in [-0.25, -0.2) is 15.0 Å². The molecule has 5 heteroatoms. The van der Waals surface area contributed by atoms with E-state index in [9.17, 15) is 0 Å². The lowest BCUT2D eigenvalue weighted by Crippen LogP contribution is -2.00. The SMILES string of the molecule is c1ccc(-c2ccc(-c3nc(-c4ccccc4)nc(-c4cccc5oc6cccc(-c7cc8oc9ccccc9c8c8ccccc78)c6c45)n3)cc2)cc1. The molecule has 3 heterocycles. The Kier molecular flexibility index (Phi) is 6.79. The van der Waals surface area contributed by atoms with E-state index >= 15 is 0 Å². The Bertz CT molecular complexity index is 3200. The number of furan rings is 2. The van der Waals surface area contributed by atoms with Gasteiger partial charge in [-0.05, 0) is 57.3 Å². The van der Waals surface area contributed by atoms with Crippen LogP contribution >= 0.6 is 0 Å². The topological polar surface area (TPSA) is 65.0 Å². The van der Waals surface area contributed by atoms with Crippen LogP contribution < -0.4 is 0 Å². The van der Waals surface area contributed by atoms with Gasteiger partial charge in [-0.1, -0.05) is 152 Å². The highest BCUT2D eigenvalue weighted by Crippen LogP contribution is 2.45. The second kappa shape index (κ2) is 12.1. The molecular formula is C49H29N3O2. The summed E-state index contributed by atoms with van der Waals surface area (Å²) in [5.41, 5.74) is 10.4. The zero-order chi connectivity index (χ0) is 35.6. The van der Waals surface area contributed by atoms with Gasteiger partial charge in [-0.15, -0.1) is 0 Å². The molecule has 0 radical (unpaired) electrons. The summed E-state index contributed by atoms with van der Waals surface area (Å²) in [4.78, 5) is 15.3. The van der Waals surface area contributed by atoms with E-state index in [-0.39, 0.29) is 0 Å². The van der Waals surface area contributed by atoms with Crippen molar-refractivity contribution >= 4 is 54.6 Å². The van der Waals surface area contributed by atoms with Gasteiger partial charge in [-0.2, -0.15) is 0 Å². The summed E-state index contributed by atoms with van der Waals surface area (Å²) in [6.07, 6.45) is 0. The molecule has 0 atom stereocenters. The van der Waals surface area contributed by atoms with Gasteiger partial charge >= 0.3 is 0 Å². The number of aromatic nitrogens is 3. The fraction of sp³-hybridized carbons (Fsp3) is 0. The number of benzene rings is 8. The second-order valence-electron chi connectivity index (χ2n) is 13.5. The summed E-state index contributed by atoms with van der Waals surface area (Å²) >= 11 is 0. The highest BCUT2D eigenvalue weighted by molar-refractivity contribution is 6.25. The smallest absolute Gasteiger partial charge is 0.164 e. The van der Waals surface area contributed by atoms with E-state index in [0.717, 1.165) is 93.6 Å². The molecule has 11 rings (SSSR count). The zero-order valence-corrected chi connectivity index (χ0v) is 28.9. The van der Waals surface area contributed by atoms with Crippen molar-refractivity contribution < 1.29 is 8.83 Å². The van der Waals surface area contributed by atoms with E-state index in [1.807, 2.05) is 66.7 Å². The first-order valence-electron chi connectivity index (χ1n) is 18.0. The minimum Gasteiger partial charge on any atom is -0.456 e. The molecule has 3 aromatic heterocycles. The van der Waals surface area contributed by atoms with Crippen molar-refractivity contribution in [2.75, 3.05) is 0 Å². The lowest BCUT2D eigenvalue weighted by Gasteiger charge is -2.12. The van der Waals surface area contributed by atoms with Gasteiger partial charge in [0.25, 0.3) is 0 Å². The fourth-order valence-corrected chi connectivity index (χ4v) is 7.87. The van der Waals surface area contributed by atoms with Gasteiger partial charge < -0.3 is 8.83 Å². The molecule has 0 bridgehead atoms. The molecule has 0 saturated heterocycles. The molecular weight excluding hydrogens is 663 g/mol. The second-order valence-corrected chi connectivity index (χ2v) is 13.5. The molecule has 0 aliphatic rings. The maximum Gasteiger partial charge on any atom is 0.164 e. The van der Waals surface area contributed by atoms with Crippen molar-refractivity contribution in [2.24, 2.45) is 0 Å². The van der Waals surface area contributed by atoms with E-state index in [0.29, 0.717) is 17.5 Å². The van der Waals surface area contributed by atoms with Crippen LogP contribution in [0.2, 0.25) is 0 Å². The molecule has 0 aliphatic carbocycles. The predicted molar refractivity (Wildman–Crippen MR) is 219 cm³/mol. The molecule has 0 aliphatic heterocycles. The standard InChI is InChI=1S/C49H29N3O2/c1-3-13-30(14-4-1)31-25-27-33(28-26-31)48-50-47(32-15-5-2-6-16-32)51-49(52-48)38-21-12-24-42-46(38)45-36(20-11-23-41(45)54-42)39-29-43-44(35-18-8-7-17-34(35)39)37-19-9-10-22-40(37)53-43/h1-29H. The van der Waals surface area contributed by atoms with Crippen molar-refractivity contribution in [1.29, 1.82) is 0 Å². The normalized spacial score (nSPS) is 11.7. The first-order chi connectivity index (χ1) is 26.8. The Morgan fingerprint density at radius 3 is 1.48 bits per heavy atom. The van der Waals surface area contributed by atoms with Crippen molar-refractivity contribution in [3.8, 4) is 56.4 Å². The average molecular weight is 692 g/mol. The van der Waals surface area contributed by atoms with E-state index in [2.05, 4.69) is 109 Å². The third-order valence-corrected chi connectivity index (χ3v) is 10.4. The number of para-hydroxylation sites is 1. The summed E-state index contributed by atoms with van der Waals surface area (Å²) < 4.78 is 13.1. The Hall–Kier alpha value is -7.37. The molecule has 0 fully saturated rings. The van der Waals surface area contributed by atoms with Crippen molar-refractivity contribution in [3.05, 3.63) is 176 Å². The predicted octanol–water partition coefficient (Wildman–Crippen LogP) is 13.2. The summed E-state index contributed by atoms with van der Waals surface area (Å²) in [5, 5.41) is 6.47. The van der Waals surface area contributed by atoms with E-state index in [1.54, 1.807) is 0 Å². The van der Waals surface area contributed by atoms with Gasteiger partial charge in [0.05, 0.1) is 0 Å². The zero-order valence-electron chi connectivity index (χ0n) is 28.9. The Balaban J connectivity index is 1.15. The number of hydrogen-bond donors (Lipinski definition) is 0. The van der Waals surface area contributed by atoms with Gasteiger partial charge in [0.1, 0.15) is 22.3 Å². The van der Waals surface area contributed by atoms with Crippen molar-refractivity contribution in [1.82, 2.24) is 15.0 Å². The summed E-state index contributed by atoms with van der Waals surface area (Å²) in [5.74, 6) is 1.78. The highest BCUT2D eigenvalue weighted by Gasteiger charge is 2.22. The van der Waals surface area contributed by atoms with Crippen molar-refractivity contribution in [3.63, 3.8) is 0 Å². The molecule has 0 saturated carbocycles. The third-order valence-electron chi connectivity index (χ3n) is 10.4. The fourth-order valence-electron chi connectivity index (χ4n) is 7.87. The van der Waals surface area contributed by atoms with E-state index in [4.69, 9.17) is 23.8 Å². The van der Waals surface area contributed by atoms with Crippen LogP contribution in [0.25, 0.3) is 111 Å². The lowest BCUT2D eigenvalue weighted by molar-refractivity contribution is 0.668. The van der Waals surface area contributed by atoms with Gasteiger partial charge in [0.15, 0.2) is 17.5 Å². The van der Waals surface area contributed by atoms with E-state index < -0.39 is 0 Å². The van der Waals surface area contributed by atoms with Crippen LogP contribution in [-0.4, -0.2) is 15.0 Å². The van der Waals surface area contributed by atoms with Gasteiger partial charge in [-0.3, -0.25) is 0 Å². The maximum absolute atomic E-state index is 6.61. The summed E-state index contributed by atoms with van der Waals surface area (Å²) in [6, 6.07) is 60.3. The quantitative estimate of drug-likeness (QED) is 0.180. The van der Waals surface area contributed by atoms with Crippen LogP contribution in [-0.2, 0) is 0 Å². The Labute approximate surface area is 309 Å². The number of fused-ring (bicyclic) bond motifs is 8. The number of rotatable bonds is 5. The third kappa shape index (κ3) is 4.83. The van der Waals surface area contributed by atoms with Gasteiger partial charge in [0, 0.05) is 38.2 Å². The summed E-state index contributed by atoms with van der Waals surface area (Å²) in [7, 11) is 0. The molecule has 0 amide bonds. The minimum absolute atomic E-state index is 0.576. The molecule has 54 heavy (non-hydrogen) atoms. The Morgan fingerprint density at radius 1 is 0.278 bits per heavy atom. The van der Waals surface area contributed by atoms with Crippen molar-refractivity contribution in [2.45, 2.75) is 0 Å². The first kappa shape index (κ1) is 30.3. The van der Waals surface area contributed by atoms with Crippen LogP contribution in [0, 0.1) is 0 Å². The molecule has 11 aromatic rings. The number of hydrogen-bond acceptors (Lipinski definition) is 5. The first-order valence-corrected chi connectivity index (χ1v) is 18.0. The van der Waals surface area contributed by atoms with Crippen LogP contribution in [0.4, 0.5) is 0 Å². The monoisotopic (exact) mass is 691 g/mol. The maximum atomic E-state index is 6.61. The molecule has 0 N–H and O–H groups in total. The summed E-state index contributed by atoms with van der Waals surface area (Å²) in [6.45, 7) is 0. The molecule has 0 unspecified atom stereocenters. The lowest BCUT2D eigenvalue weighted by atomic mass is 9.91.